The Bertz CT molecular complexity index is 116. The van der Waals surface area contributed by atoms with Crippen LogP contribution in [-0.2, 0) is 37.5 Å². The van der Waals surface area contributed by atoms with Crippen molar-refractivity contribution in [3.8, 4) is 0 Å². The average Bonchev–Trinajstić information content (AvgIpc) is 2.25. The molecule has 5 nitrogen and oxygen atoms in total. The van der Waals surface area contributed by atoms with Gasteiger partial charge >= 0.3 is 0 Å². The number of carbonyl (C=O) groups excluding carboxylic acids is 1. The molecular weight excluding hydrogens is 293 g/mol. The van der Waals surface area contributed by atoms with Crippen LogP contribution in [0.25, 0.3) is 5.84 Å². The van der Waals surface area contributed by atoms with Gasteiger partial charge in [-0.05, 0) is 25.9 Å². The topological polar surface area (TPSA) is 105 Å². The monoisotopic (exact) mass is 323 g/mol. The molecule has 0 fully saturated rings. The Hall–Kier alpha value is 0.614. The molecular formula is C11H30N4OY-2. The molecule has 0 aliphatic carbocycles. The molecule has 6 heteroatoms. The zero-order chi connectivity index (χ0) is 11.2. The molecule has 0 spiro atoms. The van der Waals surface area contributed by atoms with Crippen molar-refractivity contribution in [1.82, 2.24) is 5.43 Å². The van der Waals surface area contributed by atoms with E-state index < -0.39 is 0 Å². The van der Waals surface area contributed by atoms with E-state index in [9.17, 15) is 4.79 Å². The molecule has 0 aromatic heterocycles. The van der Waals surface area contributed by atoms with Gasteiger partial charge in [0.05, 0.1) is 0 Å². The maximum atomic E-state index is 10.1. The Labute approximate surface area is 132 Å². The molecule has 0 aliphatic rings. The van der Waals surface area contributed by atoms with E-state index in [0.29, 0.717) is 19.5 Å². The van der Waals surface area contributed by atoms with Crippen molar-refractivity contribution in [2.45, 2.75) is 46.6 Å². The summed E-state index contributed by atoms with van der Waals surface area (Å²) in [6.45, 7) is 4.84. The average molecular weight is 323 g/mol. The number of hydrogen-bond acceptors (Lipinski definition) is 4. The van der Waals surface area contributed by atoms with Gasteiger partial charge in [-0.3, -0.25) is 0 Å². The van der Waals surface area contributed by atoms with Gasteiger partial charge in [0.15, 0.2) is 0 Å². The fourth-order valence-electron chi connectivity index (χ4n) is 0.683. The summed E-state index contributed by atoms with van der Waals surface area (Å²) in [7, 11) is 0. The number of unbranched alkanes of at least 4 members (excludes halogenated alkanes) is 1. The molecule has 0 bridgehead atoms. The minimum absolute atomic E-state index is 0. The van der Waals surface area contributed by atoms with Crippen molar-refractivity contribution in [1.29, 1.82) is 0 Å². The van der Waals surface area contributed by atoms with Gasteiger partial charge in [0, 0.05) is 38.8 Å². The van der Waals surface area contributed by atoms with Gasteiger partial charge in [-0.2, -0.15) is 6.42 Å². The van der Waals surface area contributed by atoms with Crippen LogP contribution >= 0.6 is 0 Å². The molecule has 6 N–H and O–H groups in total. The second-order valence-electron chi connectivity index (χ2n) is 2.81. The minimum atomic E-state index is -0.313. The van der Waals surface area contributed by atoms with Crippen LogP contribution in [0.2, 0.25) is 0 Å². The summed E-state index contributed by atoms with van der Waals surface area (Å²) >= 11 is 0. The number of nitrogens with one attached hydrogen (secondary N) is 2. The summed E-state index contributed by atoms with van der Waals surface area (Å²) in [5, 5.41) is 0. The molecule has 0 unspecified atom stereocenters. The predicted molar refractivity (Wildman–Crippen MR) is 72.7 cm³/mol. The summed E-state index contributed by atoms with van der Waals surface area (Å²) in [4.78, 5) is 10.1. The Morgan fingerprint density at radius 2 is 1.71 bits per heavy atom. The van der Waals surface area contributed by atoms with Gasteiger partial charge in [-0.15, -0.1) is 0 Å². The first-order chi connectivity index (χ1) is 6.76. The Morgan fingerprint density at radius 1 is 1.24 bits per heavy atom. The Kier molecular flexibility index (Phi) is 54.0. The summed E-state index contributed by atoms with van der Waals surface area (Å²) in [6, 6.07) is -0.313. The first-order valence-corrected chi connectivity index (χ1v) is 4.83. The quantitative estimate of drug-likeness (QED) is 0.287. The second-order valence-corrected chi connectivity index (χ2v) is 2.81. The molecule has 0 amide bonds. The van der Waals surface area contributed by atoms with Crippen molar-refractivity contribution in [2.24, 2.45) is 11.5 Å². The first kappa shape index (κ1) is 30.6. The van der Waals surface area contributed by atoms with Crippen molar-refractivity contribution in [2.75, 3.05) is 13.1 Å². The predicted octanol–water partition coefficient (Wildman–Crippen LogP) is 1.68. The number of hydrogen-bond donors (Lipinski definition) is 3. The van der Waals surface area contributed by atoms with Crippen LogP contribution in [0.3, 0.4) is 0 Å². The number of nitrogens with two attached hydrogens (primary N) is 2. The van der Waals surface area contributed by atoms with E-state index in [1.165, 1.54) is 0 Å². The third-order valence-corrected chi connectivity index (χ3v) is 1.52. The number of aldehydes is 1. The molecule has 105 valence electrons. The van der Waals surface area contributed by atoms with Gasteiger partial charge in [-0.25, -0.2) is 0 Å². The normalized spacial score (nSPS) is 9.41. The largest absolute Gasteiger partial charge is 0.612 e. The first-order valence-electron chi connectivity index (χ1n) is 4.83. The van der Waals surface area contributed by atoms with E-state index in [0.717, 1.165) is 25.5 Å². The fourth-order valence-corrected chi connectivity index (χ4v) is 0.683. The molecule has 0 saturated heterocycles. The van der Waals surface area contributed by atoms with Crippen LogP contribution in [0.5, 0.6) is 0 Å². The molecule has 0 saturated carbocycles. The van der Waals surface area contributed by atoms with Crippen LogP contribution in [0.15, 0.2) is 0 Å². The molecule has 1 atom stereocenters. The van der Waals surface area contributed by atoms with E-state index in [2.05, 4.69) is 12.3 Å². The molecule has 17 heavy (non-hydrogen) atoms. The van der Waals surface area contributed by atoms with Crippen LogP contribution in [0.4, 0.5) is 0 Å². The van der Waals surface area contributed by atoms with E-state index >= 15 is 0 Å². The summed E-state index contributed by atoms with van der Waals surface area (Å²) in [6.07, 6.45) is 4.14. The maximum Gasteiger partial charge on any atom is 0.135 e. The van der Waals surface area contributed by atoms with E-state index in [1.807, 2.05) is 0 Å². The van der Waals surface area contributed by atoms with Gasteiger partial charge in [-0.1, -0.05) is 21.3 Å². The van der Waals surface area contributed by atoms with Gasteiger partial charge in [0.1, 0.15) is 6.29 Å². The maximum absolute atomic E-state index is 10.1. The number of rotatable bonds is 7. The van der Waals surface area contributed by atoms with Gasteiger partial charge in [0.2, 0.25) is 0 Å². The third kappa shape index (κ3) is 31.5. The van der Waals surface area contributed by atoms with Gasteiger partial charge < -0.3 is 34.5 Å². The van der Waals surface area contributed by atoms with Gasteiger partial charge in [0.25, 0.3) is 0 Å². The van der Waals surface area contributed by atoms with Crippen molar-refractivity contribution < 1.29 is 37.5 Å². The zero-order valence-electron chi connectivity index (χ0n) is 9.24. The third-order valence-electron chi connectivity index (χ3n) is 1.52. The van der Waals surface area contributed by atoms with Crippen LogP contribution in [-0.4, -0.2) is 25.4 Å². The van der Waals surface area contributed by atoms with Crippen LogP contribution < -0.4 is 16.9 Å². The second kappa shape index (κ2) is 30.0. The fraction of sp³-hybridized carbons (Fsp3) is 0.818. The SMILES string of the molecule is C.C.[CH2-]CCN.[NH-]N[C@H](C=O)CCCCN.[Y]. The molecule has 0 heterocycles. The smallest absolute Gasteiger partial charge is 0.135 e. The van der Waals surface area contributed by atoms with Crippen molar-refractivity contribution in [3.63, 3.8) is 0 Å². The van der Waals surface area contributed by atoms with E-state index in [-0.39, 0.29) is 53.6 Å². The minimum Gasteiger partial charge on any atom is -0.612 e. The molecule has 0 aromatic carbocycles. The molecule has 0 rings (SSSR count). The molecule has 1 radical (unpaired) electrons. The number of carbonyl (C=O) groups is 1. The standard InChI is InChI=1S/C6H14N3O.C3H8N.2CH4.Y/c7-4-2-1-3-6(5-10)9-8;1-2-3-4;;;/h5-6,8-9H,1-4,7H2;1-4H2;2*1H4;/q2*-1;;;/t6-;;;;/m0..../s1. The summed E-state index contributed by atoms with van der Waals surface area (Å²) in [5.41, 5.74) is 12.4. The summed E-state index contributed by atoms with van der Waals surface area (Å²) in [5.74, 6) is 6.68. The molecule has 0 aromatic rings. The van der Waals surface area contributed by atoms with Crippen molar-refractivity contribution in [3.05, 3.63) is 12.8 Å². The summed E-state index contributed by atoms with van der Waals surface area (Å²) < 4.78 is 0. The van der Waals surface area contributed by atoms with Crippen LogP contribution in [0, 0.1) is 6.92 Å². The Morgan fingerprint density at radius 3 is 1.94 bits per heavy atom. The van der Waals surface area contributed by atoms with Crippen molar-refractivity contribution >= 4 is 6.29 Å². The zero-order valence-corrected chi connectivity index (χ0v) is 12.1. The molecule has 0 aliphatic heterocycles. The Balaban J connectivity index is -0.0000000607. The van der Waals surface area contributed by atoms with Crippen LogP contribution in [0.1, 0.15) is 40.5 Å². The van der Waals surface area contributed by atoms with E-state index in [4.69, 9.17) is 17.3 Å². The van der Waals surface area contributed by atoms with E-state index in [1.54, 1.807) is 0 Å².